The van der Waals surface area contributed by atoms with Gasteiger partial charge in [0.15, 0.2) is 0 Å². The summed E-state index contributed by atoms with van der Waals surface area (Å²) in [6, 6.07) is 2.22. The Balaban J connectivity index is 2.05. The maximum atomic E-state index is 9.33. The van der Waals surface area contributed by atoms with Crippen molar-refractivity contribution in [2.45, 2.75) is 31.7 Å². The molecule has 2 rings (SSSR count). The summed E-state index contributed by atoms with van der Waals surface area (Å²) in [6.45, 7) is 0.253. The van der Waals surface area contributed by atoms with Crippen LogP contribution in [0.1, 0.15) is 25.7 Å². The van der Waals surface area contributed by atoms with Crippen LogP contribution in [-0.4, -0.2) is 22.7 Å². The van der Waals surface area contributed by atoms with E-state index >= 15 is 0 Å². The second-order valence-electron chi connectivity index (χ2n) is 4.44. The van der Waals surface area contributed by atoms with Crippen molar-refractivity contribution in [3.8, 4) is 0 Å². The van der Waals surface area contributed by atoms with Crippen molar-refractivity contribution >= 4 is 11.4 Å². The van der Waals surface area contributed by atoms with Crippen LogP contribution in [0.15, 0.2) is 18.5 Å². The van der Waals surface area contributed by atoms with E-state index in [-0.39, 0.29) is 6.61 Å². The van der Waals surface area contributed by atoms with Gasteiger partial charge in [0.05, 0.1) is 17.6 Å². The van der Waals surface area contributed by atoms with Gasteiger partial charge < -0.3 is 16.2 Å². The number of nitrogen functional groups attached to an aromatic ring is 1. The Morgan fingerprint density at radius 1 is 1.44 bits per heavy atom. The molecule has 1 saturated carbocycles. The second kappa shape index (κ2) is 5.16. The molecule has 4 heteroatoms. The molecule has 1 aliphatic carbocycles. The molecule has 88 valence electrons. The smallest absolute Gasteiger partial charge is 0.0736 e. The van der Waals surface area contributed by atoms with Gasteiger partial charge in [0.25, 0.3) is 0 Å². The lowest BCUT2D eigenvalue weighted by Gasteiger charge is -2.31. The molecule has 2 unspecified atom stereocenters. The van der Waals surface area contributed by atoms with E-state index in [9.17, 15) is 5.11 Å². The molecule has 0 saturated heterocycles. The summed E-state index contributed by atoms with van der Waals surface area (Å²) >= 11 is 0. The second-order valence-corrected chi connectivity index (χ2v) is 4.44. The van der Waals surface area contributed by atoms with E-state index in [4.69, 9.17) is 5.73 Å². The summed E-state index contributed by atoms with van der Waals surface area (Å²) in [5, 5.41) is 12.8. The van der Waals surface area contributed by atoms with Gasteiger partial charge in [0.1, 0.15) is 0 Å². The Kier molecular flexibility index (Phi) is 3.62. The lowest BCUT2D eigenvalue weighted by Crippen LogP contribution is -2.34. The number of nitrogens with zero attached hydrogens (tertiary/aromatic N) is 1. The third kappa shape index (κ3) is 2.44. The molecule has 4 nitrogen and oxygen atoms in total. The zero-order valence-electron chi connectivity index (χ0n) is 9.39. The fraction of sp³-hybridized carbons (Fsp3) is 0.583. The van der Waals surface area contributed by atoms with Crippen LogP contribution in [0.5, 0.6) is 0 Å². The molecule has 1 aromatic heterocycles. The van der Waals surface area contributed by atoms with Crippen LogP contribution in [0.25, 0.3) is 0 Å². The number of hydrogen-bond acceptors (Lipinski definition) is 4. The summed E-state index contributed by atoms with van der Waals surface area (Å²) in [4.78, 5) is 3.96. The molecule has 0 aromatic carbocycles. The van der Waals surface area contributed by atoms with Crippen LogP contribution in [0, 0.1) is 5.92 Å². The minimum absolute atomic E-state index is 0.253. The van der Waals surface area contributed by atoms with Crippen molar-refractivity contribution < 1.29 is 5.11 Å². The third-order valence-corrected chi connectivity index (χ3v) is 3.34. The molecule has 16 heavy (non-hydrogen) atoms. The summed E-state index contributed by atoms with van der Waals surface area (Å²) in [7, 11) is 0. The van der Waals surface area contributed by atoms with E-state index in [1.165, 1.54) is 12.8 Å². The predicted molar refractivity (Wildman–Crippen MR) is 65.1 cm³/mol. The highest BCUT2D eigenvalue weighted by atomic mass is 16.3. The van der Waals surface area contributed by atoms with Crippen molar-refractivity contribution in [2.24, 2.45) is 5.92 Å². The number of anilines is 2. The number of rotatable bonds is 3. The number of aromatic nitrogens is 1. The van der Waals surface area contributed by atoms with Crippen molar-refractivity contribution in [1.82, 2.24) is 4.98 Å². The molecule has 1 aliphatic rings. The first-order chi connectivity index (χ1) is 7.81. The highest BCUT2D eigenvalue weighted by molar-refractivity contribution is 5.64. The highest BCUT2D eigenvalue weighted by Crippen LogP contribution is 2.28. The Labute approximate surface area is 95.9 Å². The van der Waals surface area contributed by atoms with Crippen molar-refractivity contribution in [3.63, 3.8) is 0 Å². The van der Waals surface area contributed by atoms with Gasteiger partial charge in [0.2, 0.25) is 0 Å². The van der Waals surface area contributed by atoms with Crippen LogP contribution in [0.3, 0.4) is 0 Å². The van der Waals surface area contributed by atoms with Gasteiger partial charge in [-0.2, -0.15) is 0 Å². The zero-order chi connectivity index (χ0) is 11.4. The molecule has 0 radical (unpaired) electrons. The number of hydrogen-bond donors (Lipinski definition) is 3. The van der Waals surface area contributed by atoms with Gasteiger partial charge >= 0.3 is 0 Å². The number of aliphatic hydroxyl groups is 1. The largest absolute Gasteiger partial charge is 0.396 e. The lowest BCUT2D eigenvalue weighted by atomic mass is 9.85. The molecule has 4 N–H and O–H groups in total. The Hall–Kier alpha value is -1.29. The molecule has 0 spiro atoms. The van der Waals surface area contributed by atoms with Crippen LogP contribution >= 0.6 is 0 Å². The maximum Gasteiger partial charge on any atom is 0.0736 e. The van der Waals surface area contributed by atoms with E-state index in [1.807, 2.05) is 6.07 Å². The monoisotopic (exact) mass is 221 g/mol. The fourth-order valence-electron chi connectivity index (χ4n) is 2.35. The fourth-order valence-corrected chi connectivity index (χ4v) is 2.35. The van der Waals surface area contributed by atoms with E-state index in [1.54, 1.807) is 12.4 Å². The Morgan fingerprint density at radius 2 is 2.25 bits per heavy atom. The summed E-state index contributed by atoms with van der Waals surface area (Å²) in [5.41, 5.74) is 7.44. The molecule has 2 atom stereocenters. The zero-order valence-corrected chi connectivity index (χ0v) is 9.39. The first-order valence-electron chi connectivity index (χ1n) is 5.88. The first kappa shape index (κ1) is 11.2. The van der Waals surface area contributed by atoms with Gasteiger partial charge in [-0.05, 0) is 18.9 Å². The van der Waals surface area contributed by atoms with Gasteiger partial charge in [-0.3, -0.25) is 4.98 Å². The molecular weight excluding hydrogens is 202 g/mol. The maximum absolute atomic E-state index is 9.33. The SMILES string of the molecule is Nc1cnccc1NC1CCCCC1CO. The van der Waals surface area contributed by atoms with E-state index in [0.29, 0.717) is 17.6 Å². The van der Waals surface area contributed by atoms with Crippen LogP contribution < -0.4 is 11.1 Å². The average Bonchev–Trinajstić information content (AvgIpc) is 2.33. The van der Waals surface area contributed by atoms with Gasteiger partial charge in [-0.25, -0.2) is 0 Å². The van der Waals surface area contributed by atoms with Gasteiger partial charge in [-0.1, -0.05) is 12.8 Å². The minimum Gasteiger partial charge on any atom is -0.396 e. The molecular formula is C12H19N3O. The van der Waals surface area contributed by atoms with Crippen LogP contribution in [0.4, 0.5) is 11.4 Å². The Bertz CT molecular complexity index is 343. The third-order valence-electron chi connectivity index (χ3n) is 3.34. The van der Waals surface area contributed by atoms with Crippen molar-refractivity contribution in [3.05, 3.63) is 18.5 Å². The average molecular weight is 221 g/mol. The molecule has 1 aromatic rings. The number of pyridine rings is 1. The summed E-state index contributed by atoms with van der Waals surface area (Å²) < 4.78 is 0. The minimum atomic E-state index is 0.253. The van der Waals surface area contributed by atoms with Gasteiger partial charge in [0, 0.05) is 24.8 Å². The molecule has 1 fully saturated rings. The molecule has 0 amide bonds. The van der Waals surface area contributed by atoms with E-state index in [0.717, 1.165) is 18.5 Å². The quantitative estimate of drug-likeness (QED) is 0.725. The number of nitrogens with one attached hydrogen (secondary N) is 1. The standard InChI is InChI=1S/C12H19N3O/c13-10-7-14-6-5-12(10)15-11-4-2-1-3-9(11)8-16/h5-7,9,11,16H,1-4,8,13H2,(H,14,15). The normalized spacial score (nSPS) is 25.3. The first-order valence-corrected chi connectivity index (χ1v) is 5.88. The van der Waals surface area contributed by atoms with E-state index in [2.05, 4.69) is 10.3 Å². The predicted octanol–water partition coefficient (Wildman–Crippen LogP) is 1.63. The lowest BCUT2D eigenvalue weighted by molar-refractivity contribution is 0.178. The van der Waals surface area contributed by atoms with Crippen LogP contribution in [0.2, 0.25) is 0 Å². The topological polar surface area (TPSA) is 71.2 Å². The van der Waals surface area contributed by atoms with E-state index < -0.39 is 0 Å². The van der Waals surface area contributed by atoms with Crippen molar-refractivity contribution in [1.29, 1.82) is 0 Å². The Morgan fingerprint density at radius 3 is 3.00 bits per heavy atom. The van der Waals surface area contributed by atoms with Crippen LogP contribution in [-0.2, 0) is 0 Å². The number of nitrogens with two attached hydrogens (primary N) is 1. The molecule has 1 heterocycles. The molecule has 0 bridgehead atoms. The molecule has 0 aliphatic heterocycles. The van der Waals surface area contributed by atoms with Crippen molar-refractivity contribution in [2.75, 3.05) is 17.7 Å². The van der Waals surface area contributed by atoms with Gasteiger partial charge in [-0.15, -0.1) is 0 Å². The highest BCUT2D eigenvalue weighted by Gasteiger charge is 2.24. The number of aliphatic hydroxyl groups excluding tert-OH is 1. The summed E-state index contributed by atoms with van der Waals surface area (Å²) in [5.74, 6) is 0.348. The summed E-state index contributed by atoms with van der Waals surface area (Å²) in [6.07, 6.45) is 8.02.